The van der Waals surface area contributed by atoms with Gasteiger partial charge in [-0.2, -0.15) is 0 Å². The maximum Gasteiger partial charge on any atom is -0.00179 e. The Kier molecular flexibility index (Phi) is 3.36. The van der Waals surface area contributed by atoms with Gasteiger partial charge in [-0.05, 0) is 67.9 Å². The Morgan fingerprint density at radius 3 is 2.06 bits per heavy atom. The molecule has 1 N–H and O–H groups in total. The van der Waals surface area contributed by atoms with Crippen molar-refractivity contribution in [1.82, 2.24) is 5.32 Å². The second-order valence-electron chi connectivity index (χ2n) is 7.78. The van der Waals surface area contributed by atoms with E-state index in [0.29, 0.717) is 10.8 Å². The summed E-state index contributed by atoms with van der Waals surface area (Å²) in [6.45, 7) is 12.4. The minimum Gasteiger partial charge on any atom is -0.316 e. The first-order valence-electron chi connectivity index (χ1n) is 7.09. The molecule has 1 heterocycles. The van der Waals surface area contributed by atoms with Gasteiger partial charge in [-0.3, -0.25) is 0 Å². The van der Waals surface area contributed by atoms with Crippen molar-refractivity contribution in [2.45, 2.75) is 59.8 Å². The lowest BCUT2D eigenvalue weighted by molar-refractivity contribution is 0.0333. The Bertz CT molecular complexity index is 220. The maximum absolute atomic E-state index is 3.59. The van der Waals surface area contributed by atoms with Crippen LogP contribution in [0.2, 0.25) is 0 Å². The molecule has 1 atom stereocenters. The summed E-state index contributed by atoms with van der Waals surface area (Å²) >= 11 is 0. The molecule has 0 amide bonds. The number of hydrogen-bond acceptors (Lipinski definition) is 1. The molecule has 1 aliphatic heterocycles. The van der Waals surface area contributed by atoms with Crippen molar-refractivity contribution < 1.29 is 0 Å². The normalized spacial score (nSPS) is 34.9. The fourth-order valence-electron chi connectivity index (χ4n) is 4.55. The molecule has 94 valence electrons. The lowest BCUT2D eigenvalue weighted by Crippen LogP contribution is -2.41. The van der Waals surface area contributed by atoms with E-state index in [2.05, 4.69) is 33.0 Å². The van der Waals surface area contributed by atoms with Gasteiger partial charge in [0.1, 0.15) is 0 Å². The van der Waals surface area contributed by atoms with Crippen LogP contribution in [0, 0.1) is 22.7 Å². The summed E-state index contributed by atoms with van der Waals surface area (Å²) in [6, 6.07) is 0. The largest absolute Gasteiger partial charge is 0.316 e. The van der Waals surface area contributed by atoms with Gasteiger partial charge >= 0.3 is 0 Å². The molecule has 1 heteroatoms. The Morgan fingerprint density at radius 1 is 0.938 bits per heavy atom. The first-order valence-corrected chi connectivity index (χ1v) is 7.09. The summed E-state index contributed by atoms with van der Waals surface area (Å²) in [6.07, 6.45) is 7.15. The smallest absolute Gasteiger partial charge is 0.00179 e. The molecule has 1 unspecified atom stereocenters. The minimum atomic E-state index is 0.559. The molecular formula is C15H29N. The van der Waals surface area contributed by atoms with E-state index in [1.165, 1.54) is 45.2 Å². The lowest BCUT2D eigenvalue weighted by Gasteiger charge is -2.48. The van der Waals surface area contributed by atoms with Crippen LogP contribution in [0.25, 0.3) is 0 Å². The van der Waals surface area contributed by atoms with E-state index in [0.717, 1.165) is 11.8 Å². The van der Waals surface area contributed by atoms with E-state index in [9.17, 15) is 0 Å². The summed E-state index contributed by atoms with van der Waals surface area (Å²) in [5.74, 6) is 1.92. The van der Waals surface area contributed by atoms with E-state index < -0.39 is 0 Å². The van der Waals surface area contributed by atoms with Crippen molar-refractivity contribution in [3.63, 3.8) is 0 Å². The van der Waals surface area contributed by atoms with Crippen LogP contribution in [0.3, 0.4) is 0 Å². The van der Waals surface area contributed by atoms with Gasteiger partial charge in [-0.15, -0.1) is 0 Å². The third-order valence-corrected chi connectivity index (χ3v) is 4.59. The molecular weight excluding hydrogens is 194 g/mol. The van der Waals surface area contributed by atoms with Crippen LogP contribution in [-0.4, -0.2) is 13.1 Å². The molecule has 2 fully saturated rings. The van der Waals surface area contributed by atoms with E-state index in [1.54, 1.807) is 0 Å². The molecule has 2 rings (SSSR count). The van der Waals surface area contributed by atoms with Gasteiger partial charge in [0.15, 0.2) is 0 Å². The van der Waals surface area contributed by atoms with Gasteiger partial charge in [-0.25, -0.2) is 0 Å². The summed E-state index contributed by atoms with van der Waals surface area (Å²) in [4.78, 5) is 0. The van der Waals surface area contributed by atoms with Gasteiger partial charge in [0.05, 0.1) is 0 Å². The fraction of sp³-hybridized carbons (Fsp3) is 1.00. The van der Waals surface area contributed by atoms with Crippen LogP contribution in [0.4, 0.5) is 0 Å². The van der Waals surface area contributed by atoms with E-state index in [-0.39, 0.29) is 0 Å². The zero-order chi connectivity index (χ0) is 11.8. The molecule has 16 heavy (non-hydrogen) atoms. The van der Waals surface area contributed by atoms with Crippen LogP contribution in [0.1, 0.15) is 59.8 Å². The molecule has 1 aliphatic carbocycles. The number of rotatable bonds is 1. The summed E-state index contributed by atoms with van der Waals surface area (Å²) in [5, 5.41) is 3.59. The second kappa shape index (κ2) is 4.33. The maximum atomic E-state index is 3.59. The van der Waals surface area contributed by atoms with Gasteiger partial charge in [0.25, 0.3) is 0 Å². The molecule has 0 aromatic heterocycles. The van der Waals surface area contributed by atoms with Crippen molar-refractivity contribution in [3.8, 4) is 0 Å². The summed E-state index contributed by atoms with van der Waals surface area (Å²) in [5.41, 5.74) is 1.12. The molecule has 1 saturated carbocycles. The highest BCUT2D eigenvalue weighted by Gasteiger charge is 2.41. The van der Waals surface area contributed by atoms with E-state index in [1.807, 2.05) is 0 Å². The SMILES string of the molecule is CC1(C)CC(C2CCCNC2)CC(C)(C)C1. The second-order valence-corrected chi connectivity index (χ2v) is 7.78. The Morgan fingerprint density at radius 2 is 1.56 bits per heavy atom. The van der Waals surface area contributed by atoms with Crippen molar-refractivity contribution in [2.24, 2.45) is 22.7 Å². The van der Waals surface area contributed by atoms with Gasteiger partial charge in [0.2, 0.25) is 0 Å². The Balaban J connectivity index is 2.03. The van der Waals surface area contributed by atoms with Gasteiger partial charge < -0.3 is 5.32 Å². The molecule has 1 nitrogen and oxygen atoms in total. The van der Waals surface area contributed by atoms with Crippen LogP contribution >= 0.6 is 0 Å². The fourth-order valence-corrected chi connectivity index (χ4v) is 4.55. The highest BCUT2D eigenvalue weighted by Crippen LogP contribution is 2.51. The number of nitrogens with one attached hydrogen (secondary N) is 1. The predicted octanol–water partition coefficient (Wildman–Crippen LogP) is 3.84. The number of piperidine rings is 1. The number of hydrogen-bond donors (Lipinski definition) is 1. The van der Waals surface area contributed by atoms with Crippen molar-refractivity contribution >= 4 is 0 Å². The van der Waals surface area contributed by atoms with Crippen LogP contribution < -0.4 is 5.32 Å². The van der Waals surface area contributed by atoms with Crippen molar-refractivity contribution in [1.29, 1.82) is 0 Å². The van der Waals surface area contributed by atoms with Crippen LogP contribution in [-0.2, 0) is 0 Å². The topological polar surface area (TPSA) is 12.0 Å². The van der Waals surface area contributed by atoms with Gasteiger partial charge in [0, 0.05) is 0 Å². The molecule has 2 aliphatic rings. The highest BCUT2D eigenvalue weighted by atomic mass is 14.9. The zero-order valence-electron chi connectivity index (χ0n) is 11.6. The third kappa shape index (κ3) is 3.00. The zero-order valence-corrected chi connectivity index (χ0v) is 11.6. The minimum absolute atomic E-state index is 0.559. The first kappa shape index (κ1) is 12.4. The van der Waals surface area contributed by atoms with Crippen molar-refractivity contribution in [2.75, 3.05) is 13.1 Å². The predicted molar refractivity (Wildman–Crippen MR) is 70.5 cm³/mol. The molecule has 0 aromatic carbocycles. The third-order valence-electron chi connectivity index (χ3n) is 4.59. The Hall–Kier alpha value is -0.0400. The quantitative estimate of drug-likeness (QED) is 0.712. The van der Waals surface area contributed by atoms with Gasteiger partial charge in [-0.1, -0.05) is 27.7 Å². The van der Waals surface area contributed by atoms with Crippen LogP contribution in [0.5, 0.6) is 0 Å². The average molecular weight is 223 g/mol. The molecule has 0 radical (unpaired) electrons. The highest BCUT2D eigenvalue weighted by molar-refractivity contribution is 4.92. The molecule has 0 spiro atoms. The lowest BCUT2D eigenvalue weighted by atomic mass is 9.58. The van der Waals surface area contributed by atoms with E-state index >= 15 is 0 Å². The van der Waals surface area contributed by atoms with Crippen LogP contribution in [0.15, 0.2) is 0 Å². The standard InChI is InChI=1S/C15H29N/c1-14(2)8-13(9-15(3,4)11-14)12-6-5-7-16-10-12/h12-13,16H,5-11H2,1-4H3. The summed E-state index contributed by atoms with van der Waals surface area (Å²) < 4.78 is 0. The Labute approximate surface area is 101 Å². The molecule has 0 aromatic rings. The summed E-state index contributed by atoms with van der Waals surface area (Å²) in [7, 11) is 0. The molecule has 1 saturated heterocycles. The average Bonchev–Trinajstić information content (AvgIpc) is 2.14. The first-order chi connectivity index (χ1) is 7.38. The van der Waals surface area contributed by atoms with Crippen molar-refractivity contribution in [3.05, 3.63) is 0 Å². The monoisotopic (exact) mass is 223 g/mol. The van der Waals surface area contributed by atoms with E-state index in [4.69, 9.17) is 0 Å². The molecule has 0 bridgehead atoms.